The standard InChI is InChI=1S/C13H12BrN3O/c14-11-6-2-1-5-10(11)9-16-13(18)17-12-7-3-4-8-15-12/h1-8H,9H2,(H2,15,16,17,18). The van der Waals surface area contributed by atoms with Gasteiger partial charge in [0.25, 0.3) is 0 Å². The Kier molecular flexibility index (Phi) is 4.30. The minimum atomic E-state index is -0.274. The Bertz CT molecular complexity index is 531. The molecule has 0 aliphatic heterocycles. The van der Waals surface area contributed by atoms with E-state index in [0.29, 0.717) is 12.4 Å². The normalized spacial score (nSPS) is 9.83. The predicted octanol–water partition coefficient (Wildman–Crippen LogP) is 3.17. The van der Waals surface area contributed by atoms with Gasteiger partial charge in [-0.15, -0.1) is 0 Å². The van der Waals surface area contributed by atoms with Crippen LogP contribution in [0.5, 0.6) is 0 Å². The fraction of sp³-hybridized carbons (Fsp3) is 0.0769. The number of benzene rings is 1. The number of anilines is 1. The molecule has 0 saturated heterocycles. The van der Waals surface area contributed by atoms with Gasteiger partial charge < -0.3 is 5.32 Å². The summed E-state index contributed by atoms with van der Waals surface area (Å²) in [4.78, 5) is 15.6. The minimum absolute atomic E-state index is 0.274. The zero-order valence-electron chi connectivity index (χ0n) is 9.56. The van der Waals surface area contributed by atoms with Gasteiger partial charge in [-0.2, -0.15) is 0 Å². The highest BCUT2D eigenvalue weighted by atomic mass is 79.9. The number of urea groups is 1. The topological polar surface area (TPSA) is 54.0 Å². The third-order valence-corrected chi connectivity index (χ3v) is 3.08. The average molecular weight is 306 g/mol. The lowest BCUT2D eigenvalue weighted by molar-refractivity contribution is 0.251. The van der Waals surface area contributed by atoms with Crippen molar-refractivity contribution in [3.05, 3.63) is 58.7 Å². The van der Waals surface area contributed by atoms with Crippen LogP contribution in [0.2, 0.25) is 0 Å². The number of hydrogen-bond donors (Lipinski definition) is 2. The Hall–Kier alpha value is -1.88. The number of amides is 2. The molecular weight excluding hydrogens is 294 g/mol. The summed E-state index contributed by atoms with van der Waals surface area (Å²) in [7, 11) is 0. The fourth-order valence-corrected chi connectivity index (χ4v) is 1.84. The van der Waals surface area contributed by atoms with Crippen LogP contribution in [0.1, 0.15) is 5.56 Å². The number of aromatic nitrogens is 1. The van der Waals surface area contributed by atoms with Gasteiger partial charge in [-0.1, -0.05) is 40.2 Å². The molecule has 5 heteroatoms. The second-order valence-electron chi connectivity index (χ2n) is 3.61. The second-order valence-corrected chi connectivity index (χ2v) is 4.47. The summed E-state index contributed by atoms with van der Waals surface area (Å²) in [6.45, 7) is 0.458. The molecule has 1 heterocycles. The average Bonchev–Trinajstić information content (AvgIpc) is 2.39. The first-order chi connectivity index (χ1) is 8.75. The first-order valence-corrected chi connectivity index (χ1v) is 6.24. The predicted molar refractivity (Wildman–Crippen MR) is 74.2 cm³/mol. The third kappa shape index (κ3) is 3.56. The van der Waals surface area contributed by atoms with Gasteiger partial charge in [0.05, 0.1) is 0 Å². The van der Waals surface area contributed by atoms with Crippen LogP contribution >= 0.6 is 15.9 Å². The molecule has 0 aliphatic rings. The van der Waals surface area contributed by atoms with Crippen molar-refractivity contribution in [2.24, 2.45) is 0 Å². The van der Waals surface area contributed by atoms with Crippen LogP contribution in [0.4, 0.5) is 10.6 Å². The lowest BCUT2D eigenvalue weighted by atomic mass is 10.2. The largest absolute Gasteiger partial charge is 0.334 e. The molecular formula is C13H12BrN3O. The maximum Gasteiger partial charge on any atom is 0.320 e. The molecule has 18 heavy (non-hydrogen) atoms. The zero-order valence-corrected chi connectivity index (χ0v) is 11.1. The van der Waals surface area contributed by atoms with E-state index >= 15 is 0 Å². The smallest absolute Gasteiger partial charge is 0.320 e. The van der Waals surface area contributed by atoms with Crippen molar-refractivity contribution in [1.29, 1.82) is 0 Å². The Morgan fingerprint density at radius 3 is 2.67 bits per heavy atom. The molecule has 2 aromatic rings. The summed E-state index contributed by atoms with van der Waals surface area (Å²) in [5.41, 5.74) is 1.02. The molecule has 0 radical (unpaired) electrons. The Balaban J connectivity index is 1.88. The van der Waals surface area contributed by atoms with Gasteiger partial charge in [0.15, 0.2) is 0 Å². The van der Waals surface area contributed by atoms with Crippen molar-refractivity contribution in [3.63, 3.8) is 0 Å². The SMILES string of the molecule is O=C(NCc1ccccc1Br)Nc1ccccn1. The van der Waals surface area contributed by atoms with Crippen molar-refractivity contribution in [3.8, 4) is 0 Å². The lowest BCUT2D eigenvalue weighted by Gasteiger charge is -2.08. The number of nitrogens with zero attached hydrogens (tertiary/aromatic N) is 1. The van der Waals surface area contributed by atoms with Gasteiger partial charge in [0, 0.05) is 17.2 Å². The molecule has 0 saturated carbocycles. The number of carbonyl (C=O) groups is 1. The van der Waals surface area contributed by atoms with Crippen molar-refractivity contribution >= 4 is 27.8 Å². The van der Waals surface area contributed by atoms with Crippen molar-refractivity contribution < 1.29 is 4.79 Å². The van der Waals surface area contributed by atoms with E-state index in [9.17, 15) is 4.79 Å². The number of rotatable bonds is 3. The monoisotopic (exact) mass is 305 g/mol. The Morgan fingerprint density at radius 1 is 1.17 bits per heavy atom. The summed E-state index contributed by atoms with van der Waals surface area (Å²) in [6, 6.07) is 12.8. The van der Waals surface area contributed by atoms with Gasteiger partial charge in [0.1, 0.15) is 5.82 Å². The van der Waals surface area contributed by atoms with E-state index in [0.717, 1.165) is 10.0 Å². The maximum atomic E-state index is 11.6. The number of halogens is 1. The van der Waals surface area contributed by atoms with Gasteiger partial charge in [-0.05, 0) is 23.8 Å². The van der Waals surface area contributed by atoms with E-state index in [2.05, 4.69) is 31.5 Å². The van der Waals surface area contributed by atoms with E-state index < -0.39 is 0 Å². The first kappa shape index (κ1) is 12.6. The van der Waals surface area contributed by atoms with Gasteiger partial charge >= 0.3 is 6.03 Å². The highest BCUT2D eigenvalue weighted by molar-refractivity contribution is 9.10. The van der Waals surface area contributed by atoms with Crippen LogP contribution in [0, 0.1) is 0 Å². The van der Waals surface area contributed by atoms with Gasteiger partial charge in [-0.3, -0.25) is 5.32 Å². The summed E-state index contributed by atoms with van der Waals surface area (Å²) in [5, 5.41) is 5.42. The molecule has 92 valence electrons. The summed E-state index contributed by atoms with van der Waals surface area (Å²) in [6.07, 6.45) is 1.63. The molecule has 0 unspecified atom stereocenters. The molecule has 0 atom stereocenters. The molecule has 0 aliphatic carbocycles. The summed E-state index contributed by atoms with van der Waals surface area (Å²) >= 11 is 3.43. The summed E-state index contributed by atoms with van der Waals surface area (Å²) < 4.78 is 0.975. The molecule has 1 aromatic carbocycles. The molecule has 0 fully saturated rings. The Morgan fingerprint density at radius 2 is 1.94 bits per heavy atom. The van der Waals surface area contributed by atoms with Crippen LogP contribution in [0.15, 0.2) is 53.1 Å². The third-order valence-electron chi connectivity index (χ3n) is 2.30. The number of nitrogens with one attached hydrogen (secondary N) is 2. The molecule has 1 aromatic heterocycles. The van der Waals surface area contributed by atoms with Crippen LogP contribution in [0.25, 0.3) is 0 Å². The van der Waals surface area contributed by atoms with Crippen molar-refractivity contribution in [1.82, 2.24) is 10.3 Å². The molecule has 2 rings (SSSR count). The first-order valence-electron chi connectivity index (χ1n) is 5.45. The van der Waals surface area contributed by atoms with Crippen molar-refractivity contribution in [2.75, 3.05) is 5.32 Å². The highest BCUT2D eigenvalue weighted by Gasteiger charge is 2.03. The number of pyridine rings is 1. The van der Waals surface area contributed by atoms with E-state index in [1.54, 1.807) is 18.3 Å². The van der Waals surface area contributed by atoms with Crippen molar-refractivity contribution in [2.45, 2.75) is 6.54 Å². The zero-order chi connectivity index (χ0) is 12.8. The Labute approximate surface area is 114 Å². The molecule has 4 nitrogen and oxygen atoms in total. The fourth-order valence-electron chi connectivity index (χ4n) is 1.41. The minimum Gasteiger partial charge on any atom is -0.334 e. The van der Waals surface area contributed by atoms with E-state index in [1.165, 1.54) is 0 Å². The van der Waals surface area contributed by atoms with Crippen LogP contribution in [-0.2, 0) is 6.54 Å². The van der Waals surface area contributed by atoms with E-state index in [1.807, 2.05) is 30.3 Å². The second kappa shape index (κ2) is 6.16. The highest BCUT2D eigenvalue weighted by Crippen LogP contribution is 2.15. The lowest BCUT2D eigenvalue weighted by Crippen LogP contribution is -2.28. The van der Waals surface area contributed by atoms with E-state index in [4.69, 9.17) is 0 Å². The molecule has 0 bridgehead atoms. The molecule has 2 amide bonds. The number of hydrogen-bond acceptors (Lipinski definition) is 2. The van der Waals surface area contributed by atoms with Crippen LogP contribution < -0.4 is 10.6 Å². The maximum absolute atomic E-state index is 11.6. The van der Waals surface area contributed by atoms with Gasteiger partial charge in [0.2, 0.25) is 0 Å². The number of carbonyl (C=O) groups excluding carboxylic acids is 1. The molecule has 0 spiro atoms. The van der Waals surface area contributed by atoms with E-state index in [-0.39, 0.29) is 6.03 Å². The van der Waals surface area contributed by atoms with Crippen LogP contribution in [0.3, 0.4) is 0 Å². The quantitative estimate of drug-likeness (QED) is 0.915. The summed E-state index contributed by atoms with van der Waals surface area (Å²) in [5.74, 6) is 0.530. The van der Waals surface area contributed by atoms with Gasteiger partial charge in [-0.25, -0.2) is 9.78 Å². The van der Waals surface area contributed by atoms with Crippen LogP contribution in [-0.4, -0.2) is 11.0 Å². The molecule has 2 N–H and O–H groups in total.